The van der Waals surface area contributed by atoms with Crippen molar-refractivity contribution in [2.24, 2.45) is 0 Å². The smallest absolute Gasteiger partial charge is 0.185 e. The Hall–Kier alpha value is -2.15. The molecule has 0 N–H and O–H groups in total. The fourth-order valence-corrected chi connectivity index (χ4v) is 2.83. The van der Waals surface area contributed by atoms with Gasteiger partial charge in [-0.05, 0) is 43.7 Å². The van der Waals surface area contributed by atoms with Crippen molar-refractivity contribution in [3.63, 3.8) is 0 Å². The minimum atomic E-state index is 0.235. The minimum absolute atomic E-state index is 0.235. The van der Waals surface area contributed by atoms with Crippen LogP contribution in [0.3, 0.4) is 0 Å². The first-order valence-corrected chi connectivity index (χ1v) is 7.61. The fraction of sp³-hybridized carbons (Fsp3) is 0.250. The average Bonchev–Trinajstić information content (AvgIpc) is 2.56. The first-order valence-electron chi connectivity index (χ1n) is 7.61. The van der Waals surface area contributed by atoms with E-state index in [0.717, 1.165) is 36.8 Å². The van der Waals surface area contributed by atoms with Gasteiger partial charge >= 0.3 is 0 Å². The monoisotopic (exact) mass is 276 g/mol. The summed E-state index contributed by atoms with van der Waals surface area (Å²) >= 11 is 0. The summed E-state index contributed by atoms with van der Waals surface area (Å²) in [4.78, 5) is 12.4. The molecule has 21 heavy (non-hydrogen) atoms. The van der Waals surface area contributed by atoms with Gasteiger partial charge in [-0.15, -0.1) is 0 Å². The van der Waals surface area contributed by atoms with E-state index in [1.807, 2.05) is 18.2 Å². The van der Waals surface area contributed by atoms with E-state index in [1.165, 1.54) is 16.7 Å². The standard InChI is InChI=1S/C20H20O/c1-15-7-9-16(10-8-15)17-11-13-19(14-12-17)20(21)18-5-3-2-4-6-18/h2-3,5,7-11,13H,4,6,12,14H2,1H3. The van der Waals surface area contributed by atoms with Gasteiger partial charge < -0.3 is 0 Å². The van der Waals surface area contributed by atoms with Crippen molar-refractivity contribution >= 4 is 11.4 Å². The van der Waals surface area contributed by atoms with Gasteiger partial charge in [-0.25, -0.2) is 0 Å². The van der Waals surface area contributed by atoms with Gasteiger partial charge in [0.25, 0.3) is 0 Å². The van der Waals surface area contributed by atoms with Crippen molar-refractivity contribution < 1.29 is 4.79 Å². The molecule has 0 unspecified atom stereocenters. The topological polar surface area (TPSA) is 17.1 Å². The summed E-state index contributed by atoms with van der Waals surface area (Å²) in [6, 6.07) is 8.60. The molecular weight excluding hydrogens is 256 g/mol. The number of hydrogen-bond donors (Lipinski definition) is 0. The molecule has 0 atom stereocenters. The maximum absolute atomic E-state index is 12.4. The molecule has 1 heteroatoms. The van der Waals surface area contributed by atoms with Crippen LogP contribution in [-0.4, -0.2) is 5.78 Å². The largest absolute Gasteiger partial charge is 0.289 e. The lowest BCUT2D eigenvalue weighted by Gasteiger charge is -2.16. The number of allylic oxidation sites excluding steroid dienone is 8. The number of hydrogen-bond acceptors (Lipinski definition) is 1. The van der Waals surface area contributed by atoms with Crippen molar-refractivity contribution in [1.29, 1.82) is 0 Å². The van der Waals surface area contributed by atoms with Gasteiger partial charge in [0.15, 0.2) is 5.78 Å². The first kappa shape index (κ1) is 13.8. The Kier molecular flexibility index (Phi) is 4.01. The molecule has 0 spiro atoms. The van der Waals surface area contributed by atoms with Crippen LogP contribution >= 0.6 is 0 Å². The highest BCUT2D eigenvalue weighted by Crippen LogP contribution is 2.29. The van der Waals surface area contributed by atoms with Gasteiger partial charge in [0.05, 0.1) is 0 Å². The van der Waals surface area contributed by atoms with E-state index >= 15 is 0 Å². The fourth-order valence-electron chi connectivity index (χ4n) is 2.83. The molecule has 0 radical (unpaired) electrons. The van der Waals surface area contributed by atoms with Crippen LogP contribution in [0.25, 0.3) is 5.57 Å². The molecule has 0 saturated carbocycles. The van der Waals surface area contributed by atoms with E-state index in [2.05, 4.69) is 43.3 Å². The summed E-state index contributed by atoms with van der Waals surface area (Å²) in [5.41, 5.74) is 5.77. The molecule has 0 aromatic heterocycles. The van der Waals surface area contributed by atoms with E-state index in [9.17, 15) is 4.79 Å². The number of benzene rings is 1. The number of carbonyl (C=O) groups excluding carboxylic acids is 1. The van der Waals surface area contributed by atoms with Crippen LogP contribution in [-0.2, 0) is 4.79 Å². The maximum atomic E-state index is 12.4. The van der Waals surface area contributed by atoms with Crippen LogP contribution < -0.4 is 0 Å². The molecule has 106 valence electrons. The summed E-state index contributed by atoms with van der Waals surface area (Å²) in [6.07, 6.45) is 13.8. The quantitative estimate of drug-likeness (QED) is 0.764. The Morgan fingerprint density at radius 2 is 1.67 bits per heavy atom. The third kappa shape index (κ3) is 3.13. The van der Waals surface area contributed by atoms with Gasteiger partial charge in [-0.3, -0.25) is 4.79 Å². The molecule has 0 aliphatic heterocycles. The minimum Gasteiger partial charge on any atom is -0.289 e. The SMILES string of the molecule is Cc1ccc(C2=CC=C(C(=O)C3=CC=CCC3)CC2)cc1. The van der Waals surface area contributed by atoms with E-state index in [1.54, 1.807) is 0 Å². The number of carbonyl (C=O) groups is 1. The molecule has 0 saturated heterocycles. The molecule has 1 aromatic carbocycles. The lowest BCUT2D eigenvalue weighted by molar-refractivity contribution is -0.112. The summed E-state index contributed by atoms with van der Waals surface area (Å²) in [6.45, 7) is 2.10. The Balaban J connectivity index is 1.78. The van der Waals surface area contributed by atoms with Crippen LogP contribution in [0.1, 0.15) is 36.8 Å². The molecule has 0 amide bonds. The zero-order valence-electron chi connectivity index (χ0n) is 12.4. The number of rotatable bonds is 3. The predicted molar refractivity (Wildman–Crippen MR) is 87.9 cm³/mol. The molecule has 2 aliphatic carbocycles. The summed E-state index contributed by atoms with van der Waals surface area (Å²) < 4.78 is 0. The van der Waals surface area contributed by atoms with Gasteiger partial charge in [0, 0.05) is 11.1 Å². The highest BCUT2D eigenvalue weighted by molar-refractivity contribution is 6.09. The van der Waals surface area contributed by atoms with Crippen LogP contribution in [0.15, 0.2) is 65.8 Å². The molecule has 2 aliphatic rings. The van der Waals surface area contributed by atoms with Gasteiger partial charge in [-0.2, -0.15) is 0 Å². The Morgan fingerprint density at radius 1 is 0.905 bits per heavy atom. The lowest BCUT2D eigenvalue weighted by atomic mass is 9.87. The van der Waals surface area contributed by atoms with E-state index < -0.39 is 0 Å². The van der Waals surface area contributed by atoms with Gasteiger partial charge in [-0.1, -0.05) is 60.2 Å². The second-order valence-electron chi connectivity index (χ2n) is 5.74. The third-order valence-corrected chi connectivity index (χ3v) is 4.17. The highest BCUT2D eigenvalue weighted by Gasteiger charge is 2.18. The number of aryl methyl sites for hydroxylation is 1. The Labute approximate surface area is 126 Å². The van der Waals surface area contributed by atoms with E-state index in [0.29, 0.717) is 0 Å². The van der Waals surface area contributed by atoms with E-state index in [-0.39, 0.29) is 5.78 Å². The lowest BCUT2D eigenvalue weighted by Crippen LogP contribution is -2.09. The molecule has 1 aromatic rings. The van der Waals surface area contributed by atoms with Crippen molar-refractivity contribution in [3.05, 3.63) is 76.9 Å². The van der Waals surface area contributed by atoms with Crippen molar-refractivity contribution in [1.82, 2.24) is 0 Å². The molecule has 3 rings (SSSR count). The van der Waals surface area contributed by atoms with Crippen LogP contribution in [0.4, 0.5) is 0 Å². The zero-order chi connectivity index (χ0) is 14.7. The number of ketones is 1. The normalized spacial score (nSPS) is 17.9. The summed E-state index contributed by atoms with van der Waals surface area (Å²) in [5.74, 6) is 0.235. The predicted octanol–water partition coefficient (Wildman–Crippen LogP) is 4.94. The van der Waals surface area contributed by atoms with Crippen molar-refractivity contribution in [2.45, 2.75) is 32.6 Å². The van der Waals surface area contributed by atoms with Gasteiger partial charge in [0.1, 0.15) is 0 Å². The Morgan fingerprint density at radius 3 is 2.29 bits per heavy atom. The average molecular weight is 276 g/mol. The summed E-state index contributed by atoms with van der Waals surface area (Å²) in [7, 11) is 0. The zero-order valence-corrected chi connectivity index (χ0v) is 12.4. The highest BCUT2D eigenvalue weighted by atomic mass is 16.1. The second-order valence-corrected chi connectivity index (χ2v) is 5.74. The first-order chi connectivity index (χ1) is 10.2. The van der Waals surface area contributed by atoms with Crippen LogP contribution in [0.5, 0.6) is 0 Å². The third-order valence-electron chi connectivity index (χ3n) is 4.17. The van der Waals surface area contributed by atoms with Gasteiger partial charge in [0.2, 0.25) is 0 Å². The van der Waals surface area contributed by atoms with Crippen molar-refractivity contribution in [2.75, 3.05) is 0 Å². The molecule has 0 fully saturated rings. The summed E-state index contributed by atoms with van der Waals surface area (Å²) in [5, 5.41) is 0. The van der Waals surface area contributed by atoms with Crippen LogP contribution in [0.2, 0.25) is 0 Å². The number of Topliss-reactive ketones (excluding diaryl/α,β-unsaturated/α-hetero) is 1. The molecule has 0 bridgehead atoms. The van der Waals surface area contributed by atoms with Crippen LogP contribution in [0, 0.1) is 6.92 Å². The Bertz CT molecular complexity index is 666. The maximum Gasteiger partial charge on any atom is 0.185 e. The molecule has 0 heterocycles. The second kappa shape index (κ2) is 6.09. The van der Waals surface area contributed by atoms with Crippen molar-refractivity contribution in [3.8, 4) is 0 Å². The molecule has 1 nitrogen and oxygen atoms in total. The van der Waals surface area contributed by atoms with E-state index in [4.69, 9.17) is 0 Å². The molecular formula is C20H20O.